The summed E-state index contributed by atoms with van der Waals surface area (Å²) in [6, 6.07) is 20.4. The number of hydrogen-bond donors (Lipinski definition) is 1. The fourth-order valence-corrected chi connectivity index (χ4v) is 4.46. The molecule has 1 aliphatic rings. The smallest absolute Gasteiger partial charge is 0.240 e. The van der Waals surface area contributed by atoms with Gasteiger partial charge in [0.1, 0.15) is 11.4 Å². The van der Waals surface area contributed by atoms with Crippen LogP contribution >= 0.6 is 11.6 Å². The van der Waals surface area contributed by atoms with Gasteiger partial charge in [0.2, 0.25) is 17.2 Å². The van der Waals surface area contributed by atoms with Crippen molar-refractivity contribution in [3.63, 3.8) is 0 Å². The van der Waals surface area contributed by atoms with Crippen LogP contribution in [-0.4, -0.2) is 43.5 Å². The molecule has 2 heterocycles. The van der Waals surface area contributed by atoms with Crippen molar-refractivity contribution in [3.8, 4) is 11.1 Å². The molecule has 6 nitrogen and oxygen atoms in total. The van der Waals surface area contributed by atoms with Gasteiger partial charge in [0, 0.05) is 31.2 Å². The van der Waals surface area contributed by atoms with E-state index in [2.05, 4.69) is 5.32 Å². The SMILES string of the molecule is O=C(CN1CCN(c2ccccc2F)CC1)Nc1oc2ccccc2c(=O)c1-c1ccc(Cl)cc1. The molecule has 1 amide bonds. The van der Waals surface area contributed by atoms with E-state index in [0.717, 1.165) is 0 Å². The highest BCUT2D eigenvalue weighted by Crippen LogP contribution is 2.29. The zero-order valence-corrected chi connectivity index (χ0v) is 19.6. The van der Waals surface area contributed by atoms with Crippen molar-refractivity contribution in [2.75, 3.05) is 42.9 Å². The van der Waals surface area contributed by atoms with E-state index in [-0.39, 0.29) is 35.1 Å². The topological polar surface area (TPSA) is 65.8 Å². The standard InChI is InChI=1S/C27H23ClFN3O3/c28-19-11-9-18(10-12-19)25-26(34)20-5-1-4-8-23(20)35-27(25)30-24(33)17-31-13-15-32(16-14-31)22-7-3-2-6-21(22)29/h1-12H,13-17H2,(H,30,33). The molecule has 0 radical (unpaired) electrons. The highest BCUT2D eigenvalue weighted by molar-refractivity contribution is 6.30. The number of para-hydroxylation sites is 2. The minimum absolute atomic E-state index is 0.103. The minimum atomic E-state index is -0.294. The minimum Gasteiger partial charge on any atom is -0.439 e. The summed E-state index contributed by atoms with van der Waals surface area (Å²) in [7, 11) is 0. The number of piperazine rings is 1. The normalized spacial score (nSPS) is 14.3. The van der Waals surface area contributed by atoms with Crippen molar-refractivity contribution >= 4 is 40.0 Å². The average molecular weight is 492 g/mol. The molecule has 3 aromatic carbocycles. The van der Waals surface area contributed by atoms with Crippen LogP contribution in [0.2, 0.25) is 5.02 Å². The Morgan fingerprint density at radius 3 is 2.37 bits per heavy atom. The molecule has 0 spiro atoms. The summed E-state index contributed by atoms with van der Waals surface area (Å²) in [4.78, 5) is 30.2. The Balaban J connectivity index is 1.34. The number of carbonyl (C=O) groups is 1. The number of hydrogen-bond acceptors (Lipinski definition) is 5. The van der Waals surface area contributed by atoms with Crippen molar-refractivity contribution in [2.45, 2.75) is 0 Å². The molecular formula is C27H23ClFN3O3. The maximum Gasteiger partial charge on any atom is 0.240 e. The quantitative estimate of drug-likeness (QED) is 0.425. The van der Waals surface area contributed by atoms with Crippen molar-refractivity contribution in [1.29, 1.82) is 0 Å². The summed E-state index contributed by atoms with van der Waals surface area (Å²) < 4.78 is 20.1. The zero-order chi connectivity index (χ0) is 24.4. The molecule has 1 fully saturated rings. The lowest BCUT2D eigenvalue weighted by atomic mass is 10.0. The van der Waals surface area contributed by atoms with E-state index in [1.165, 1.54) is 6.07 Å². The zero-order valence-electron chi connectivity index (χ0n) is 18.8. The van der Waals surface area contributed by atoms with E-state index >= 15 is 0 Å². The molecule has 178 valence electrons. The fraction of sp³-hybridized carbons (Fsp3) is 0.185. The molecular weight excluding hydrogens is 469 g/mol. The number of anilines is 2. The molecule has 0 unspecified atom stereocenters. The number of nitrogens with zero attached hydrogens (tertiary/aromatic N) is 2. The van der Waals surface area contributed by atoms with E-state index < -0.39 is 0 Å². The third kappa shape index (κ3) is 4.92. The largest absolute Gasteiger partial charge is 0.439 e. The first kappa shape index (κ1) is 23.1. The second-order valence-corrected chi connectivity index (χ2v) is 8.84. The van der Waals surface area contributed by atoms with E-state index in [4.69, 9.17) is 16.0 Å². The molecule has 1 N–H and O–H groups in total. The third-order valence-corrected chi connectivity index (χ3v) is 6.37. The van der Waals surface area contributed by atoms with Crippen molar-refractivity contribution < 1.29 is 13.6 Å². The maximum atomic E-state index is 14.1. The van der Waals surface area contributed by atoms with Crippen LogP contribution < -0.4 is 15.6 Å². The molecule has 1 saturated heterocycles. The van der Waals surface area contributed by atoms with Crippen molar-refractivity contribution in [3.05, 3.63) is 93.9 Å². The number of rotatable bonds is 5. The number of amides is 1. The first-order valence-corrected chi connectivity index (χ1v) is 11.7. The molecule has 5 rings (SSSR count). The fourth-order valence-electron chi connectivity index (χ4n) is 4.33. The number of benzene rings is 3. The highest BCUT2D eigenvalue weighted by Gasteiger charge is 2.23. The Morgan fingerprint density at radius 2 is 1.63 bits per heavy atom. The molecule has 0 bridgehead atoms. The Labute approximate surface area is 206 Å². The summed E-state index contributed by atoms with van der Waals surface area (Å²) in [5.74, 6) is -0.441. The van der Waals surface area contributed by atoms with Gasteiger partial charge in [0.05, 0.1) is 23.2 Å². The Bertz CT molecular complexity index is 1430. The van der Waals surface area contributed by atoms with E-state index in [0.29, 0.717) is 53.4 Å². The van der Waals surface area contributed by atoms with Gasteiger partial charge < -0.3 is 9.32 Å². The first-order valence-electron chi connectivity index (χ1n) is 11.3. The summed E-state index contributed by atoms with van der Waals surface area (Å²) in [5, 5.41) is 3.77. The van der Waals surface area contributed by atoms with Crippen LogP contribution in [0.4, 0.5) is 16.0 Å². The molecule has 4 aromatic rings. The van der Waals surface area contributed by atoms with Crippen LogP contribution in [0.3, 0.4) is 0 Å². The maximum absolute atomic E-state index is 14.1. The Morgan fingerprint density at radius 1 is 0.943 bits per heavy atom. The molecule has 1 aliphatic heterocycles. The molecule has 35 heavy (non-hydrogen) atoms. The van der Waals surface area contributed by atoms with Crippen LogP contribution in [-0.2, 0) is 4.79 Å². The second-order valence-electron chi connectivity index (χ2n) is 8.40. The second kappa shape index (κ2) is 9.90. The molecule has 0 aliphatic carbocycles. The molecule has 0 atom stereocenters. The van der Waals surface area contributed by atoms with Crippen molar-refractivity contribution in [2.24, 2.45) is 0 Å². The van der Waals surface area contributed by atoms with Gasteiger partial charge in [-0.05, 0) is 42.0 Å². The average Bonchev–Trinajstić information content (AvgIpc) is 2.86. The van der Waals surface area contributed by atoms with Gasteiger partial charge in [-0.2, -0.15) is 0 Å². The number of fused-ring (bicyclic) bond motifs is 1. The molecule has 0 saturated carbocycles. The summed E-state index contributed by atoms with van der Waals surface area (Å²) in [5.41, 5.74) is 1.61. The van der Waals surface area contributed by atoms with Crippen LogP contribution in [0.25, 0.3) is 22.1 Å². The van der Waals surface area contributed by atoms with Crippen LogP contribution in [0.5, 0.6) is 0 Å². The van der Waals surface area contributed by atoms with Gasteiger partial charge in [0.25, 0.3) is 0 Å². The van der Waals surface area contributed by atoms with Crippen LogP contribution in [0, 0.1) is 5.82 Å². The van der Waals surface area contributed by atoms with Gasteiger partial charge in [-0.25, -0.2) is 4.39 Å². The Kier molecular flexibility index (Phi) is 6.53. The van der Waals surface area contributed by atoms with Crippen molar-refractivity contribution in [1.82, 2.24) is 4.90 Å². The monoisotopic (exact) mass is 491 g/mol. The predicted octanol–water partition coefficient (Wildman–Crippen LogP) is 5.01. The van der Waals surface area contributed by atoms with Crippen LogP contribution in [0.1, 0.15) is 0 Å². The first-order chi connectivity index (χ1) is 17.0. The van der Waals surface area contributed by atoms with Gasteiger partial charge in [0.15, 0.2) is 0 Å². The lowest BCUT2D eigenvalue weighted by molar-refractivity contribution is -0.117. The highest BCUT2D eigenvalue weighted by atomic mass is 35.5. The van der Waals surface area contributed by atoms with Gasteiger partial charge in [-0.3, -0.25) is 19.8 Å². The summed E-state index contributed by atoms with van der Waals surface area (Å²) in [6.07, 6.45) is 0. The van der Waals surface area contributed by atoms with Gasteiger partial charge in [-0.15, -0.1) is 0 Å². The van der Waals surface area contributed by atoms with E-state index in [9.17, 15) is 14.0 Å². The van der Waals surface area contributed by atoms with Gasteiger partial charge >= 0.3 is 0 Å². The molecule has 8 heteroatoms. The number of halogens is 2. The van der Waals surface area contributed by atoms with E-state index in [1.807, 2.05) is 15.9 Å². The molecule has 1 aromatic heterocycles. The summed E-state index contributed by atoms with van der Waals surface area (Å²) >= 11 is 6.02. The lowest BCUT2D eigenvalue weighted by Crippen LogP contribution is -2.49. The third-order valence-electron chi connectivity index (χ3n) is 6.12. The lowest BCUT2D eigenvalue weighted by Gasteiger charge is -2.35. The van der Waals surface area contributed by atoms with Gasteiger partial charge in [-0.1, -0.05) is 48.0 Å². The number of carbonyl (C=O) groups excluding carboxylic acids is 1. The summed E-state index contributed by atoms with van der Waals surface area (Å²) in [6.45, 7) is 2.55. The van der Waals surface area contributed by atoms with Crippen LogP contribution in [0.15, 0.2) is 82.0 Å². The number of nitrogens with one attached hydrogen (secondary N) is 1. The predicted molar refractivity (Wildman–Crippen MR) is 137 cm³/mol. The Hall–Kier alpha value is -3.68. The van der Waals surface area contributed by atoms with E-state index in [1.54, 1.807) is 60.7 Å².